The van der Waals surface area contributed by atoms with Crippen LogP contribution in [0.2, 0.25) is 0 Å². The lowest BCUT2D eigenvalue weighted by molar-refractivity contribution is -0.137. The fraction of sp³-hybridized carbons (Fsp3) is 0.143. The molecule has 0 aliphatic carbocycles. The van der Waals surface area contributed by atoms with Crippen LogP contribution in [-0.2, 0) is 13.2 Å². The molecule has 1 heterocycles. The van der Waals surface area contributed by atoms with E-state index in [0.29, 0.717) is 5.56 Å². The Hall–Kier alpha value is -2.57. The Labute approximate surface area is 118 Å². The quantitative estimate of drug-likeness (QED) is 0.944. The molecule has 0 radical (unpaired) electrons. The zero-order chi connectivity index (χ0) is 15.6. The van der Waals surface area contributed by atoms with Gasteiger partial charge in [0.25, 0.3) is 5.91 Å². The van der Waals surface area contributed by atoms with Crippen molar-refractivity contribution in [3.8, 4) is 0 Å². The van der Waals surface area contributed by atoms with E-state index in [1.165, 1.54) is 29.1 Å². The van der Waals surface area contributed by atoms with Crippen LogP contribution >= 0.6 is 0 Å². The first-order valence-corrected chi connectivity index (χ1v) is 5.96. The smallest absolute Gasteiger partial charge is 0.321 e. The number of benzene rings is 1. The molecule has 0 aliphatic heterocycles. The predicted octanol–water partition coefficient (Wildman–Crippen LogP) is 3.33. The van der Waals surface area contributed by atoms with Crippen LogP contribution in [0.3, 0.4) is 0 Å². The normalized spacial score (nSPS) is 11.2. The van der Waals surface area contributed by atoms with E-state index in [1.807, 2.05) is 0 Å². The summed E-state index contributed by atoms with van der Waals surface area (Å²) in [6.45, 7) is 3.57. The highest BCUT2D eigenvalue weighted by Crippen LogP contribution is 2.29. The molecule has 2 aromatic rings. The first kappa shape index (κ1) is 14.8. The van der Waals surface area contributed by atoms with Crippen molar-refractivity contribution in [1.82, 2.24) is 9.78 Å². The molecule has 0 unspecified atom stereocenters. The number of alkyl halides is 3. The monoisotopic (exact) mass is 295 g/mol. The Kier molecular flexibility index (Phi) is 3.84. The van der Waals surface area contributed by atoms with Gasteiger partial charge in [-0.3, -0.25) is 9.48 Å². The van der Waals surface area contributed by atoms with Crippen molar-refractivity contribution in [2.24, 2.45) is 7.05 Å². The number of anilines is 1. The number of aryl methyl sites for hydroxylation is 1. The maximum absolute atomic E-state index is 12.4. The van der Waals surface area contributed by atoms with E-state index >= 15 is 0 Å². The molecule has 0 saturated heterocycles. The second kappa shape index (κ2) is 5.43. The summed E-state index contributed by atoms with van der Waals surface area (Å²) < 4.78 is 38.7. The molecule has 4 nitrogen and oxygen atoms in total. The van der Waals surface area contributed by atoms with Crippen LogP contribution in [0.15, 0.2) is 37.0 Å². The van der Waals surface area contributed by atoms with E-state index in [1.54, 1.807) is 7.05 Å². The first-order chi connectivity index (χ1) is 9.82. The minimum Gasteiger partial charge on any atom is -0.321 e. The summed E-state index contributed by atoms with van der Waals surface area (Å²) >= 11 is 0. The van der Waals surface area contributed by atoms with Gasteiger partial charge in [0, 0.05) is 18.3 Å². The minimum atomic E-state index is -4.40. The van der Waals surface area contributed by atoms with E-state index in [-0.39, 0.29) is 11.4 Å². The number of amides is 1. The van der Waals surface area contributed by atoms with Gasteiger partial charge in [0.2, 0.25) is 0 Å². The number of halogens is 3. The van der Waals surface area contributed by atoms with Gasteiger partial charge in [0.1, 0.15) is 5.69 Å². The van der Waals surface area contributed by atoms with E-state index < -0.39 is 17.6 Å². The highest BCUT2D eigenvalue weighted by molar-refractivity contribution is 6.05. The van der Waals surface area contributed by atoms with Gasteiger partial charge in [-0.1, -0.05) is 12.7 Å². The zero-order valence-electron chi connectivity index (χ0n) is 11.1. The highest BCUT2D eigenvalue weighted by atomic mass is 19.4. The number of aromatic nitrogens is 2. The highest BCUT2D eigenvalue weighted by Gasteiger charge is 2.30. The molecule has 0 bridgehead atoms. The molecule has 1 N–H and O–H groups in total. The third kappa shape index (κ3) is 3.13. The molecule has 2 rings (SSSR count). The number of carbonyl (C=O) groups is 1. The fourth-order valence-corrected chi connectivity index (χ4v) is 1.81. The summed E-state index contributed by atoms with van der Waals surface area (Å²) in [7, 11) is 1.59. The van der Waals surface area contributed by atoms with Gasteiger partial charge < -0.3 is 5.32 Å². The number of nitrogens with one attached hydrogen (secondary N) is 1. The van der Waals surface area contributed by atoms with Crippen molar-refractivity contribution in [1.29, 1.82) is 0 Å². The maximum atomic E-state index is 12.4. The van der Waals surface area contributed by atoms with Gasteiger partial charge in [-0.05, 0) is 24.3 Å². The van der Waals surface area contributed by atoms with E-state index in [2.05, 4.69) is 17.0 Å². The number of rotatable bonds is 3. The van der Waals surface area contributed by atoms with Gasteiger partial charge in [-0.15, -0.1) is 0 Å². The van der Waals surface area contributed by atoms with E-state index in [0.717, 1.165) is 12.1 Å². The van der Waals surface area contributed by atoms with Crippen LogP contribution in [0.1, 0.15) is 21.6 Å². The molecular weight excluding hydrogens is 283 g/mol. The van der Waals surface area contributed by atoms with Crippen LogP contribution in [0.5, 0.6) is 0 Å². The largest absolute Gasteiger partial charge is 0.416 e. The average Bonchev–Trinajstić information content (AvgIpc) is 2.79. The summed E-state index contributed by atoms with van der Waals surface area (Å²) in [5, 5.41) is 6.46. The topological polar surface area (TPSA) is 46.9 Å². The van der Waals surface area contributed by atoms with Crippen LogP contribution in [0.25, 0.3) is 6.08 Å². The molecule has 1 aromatic heterocycles. The Morgan fingerprint density at radius 2 is 1.95 bits per heavy atom. The van der Waals surface area contributed by atoms with Gasteiger partial charge in [0.15, 0.2) is 0 Å². The summed E-state index contributed by atoms with van der Waals surface area (Å²) in [6.07, 6.45) is -1.44. The van der Waals surface area contributed by atoms with Crippen molar-refractivity contribution in [2.45, 2.75) is 6.18 Å². The molecule has 0 fully saturated rings. The third-order valence-electron chi connectivity index (χ3n) is 2.87. The van der Waals surface area contributed by atoms with Gasteiger partial charge in [0.05, 0.1) is 11.8 Å². The Balaban J connectivity index is 2.20. The lowest BCUT2D eigenvalue weighted by Crippen LogP contribution is -2.17. The molecule has 1 amide bonds. The van der Waals surface area contributed by atoms with Crippen molar-refractivity contribution in [3.63, 3.8) is 0 Å². The Morgan fingerprint density at radius 1 is 1.33 bits per heavy atom. The Morgan fingerprint density at radius 3 is 2.48 bits per heavy atom. The van der Waals surface area contributed by atoms with Crippen molar-refractivity contribution >= 4 is 17.7 Å². The zero-order valence-corrected chi connectivity index (χ0v) is 11.1. The molecule has 0 spiro atoms. The summed E-state index contributed by atoms with van der Waals surface area (Å²) in [6, 6.07) is 4.22. The number of hydrogen-bond acceptors (Lipinski definition) is 2. The summed E-state index contributed by atoms with van der Waals surface area (Å²) in [5.74, 6) is -0.468. The van der Waals surface area contributed by atoms with Crippen LogP contribution < -0.4 is 5.32 Å². The lowest BCUT2D eigenvalue weighted by Gasteiger charge is -2.09. The third-order valence-corrected chi connectivity index (χ3v) is 2.87. The molecular formula is C14H12F3N3O. The molecule has 110 valence electrons. The minimum absolute atomic E-state index is 0.268. The fourth-order valence-electron chi connectivity index (χ4n) is 1.81. The van der Waals surface area contributed by atoms with Crippen molar-refractivity contribution in [3.05, 3.63) is 53.9 Å². The van der Waals surface area contributed by atoms with Crippen LogP contribution in [-0.4, -0.2) is 15.7 Å². The maximum Gasteiger partial charge on any atom is 0.416 e. The Bertz CT molecular complexity index is 672. The standard InChI is InChI=1S/C14H12F3N3O/c1-3-9-8-18-20(2)12(9)13(21)19-11-6-4-10(5-7-11)14(15,16)17/h3-8H,1H2,2H3,(H,19,21). The summed E-state index contributed by atoms with van der Waals surface area (Å²) in [4.78, 5) is 12.1. The molecule has 0 atom stereocenters. The number of hydrogen-bond donors (Lipinski definition) is 1. The number of nitrogens with zero attached hydrogens (tertiary/aromatic N) is 2. The van der Waals surface area contributed by atoms with Gasteiger partial charge in [-0.25, -0.2) is 0 Å². The second-order valence-corrected chi connectivity index (χ2v) is 4.31. The summed E-state index contributed by atoms with van der Waals surface area (Å²) in [5.41, 5.74) is 0.323. The van der Waals surface area contributed by atoms with E-state index in [9.17, 15) is 18.0 Å². The van der Waals surface area contributed by atoms with Crippen LogP contribution in [0.4, 0.5) is 18.9 Å². The first-order valence-electron chi connectivity index (χ1n) is 5.96. The van der Waals surface area contributed by atoms with Crippen molar-refractivity contribution in [2.75, 3.05) is 5.32 Å². The lowest BCUT2D eigenvalue weighted by atomic mass is 10.2. The molecule has 0 aliphatic rings. The van der Waals surface area contributed by atoms with Crippen LogP contribution in [0, 0.1) is 0 Å². The van der Waals surface area contributed by atoms with Gasteiger partial charge >= 0.3 is 6.18 Å². The number of carbonyl (C=O) groups excluding carboxylic acids is 1. The molecule has 0 saturated carbocycles. The van der Waals surface area contributed by atoms with E-state index in [4.69, 9.17) is 0 Å². The van der Waals surface area contributed by atoms with Gasteiger partial charge in [-0.2, -0.15) is 18.3 Å². The molecule has 1 aromatic carbocycles. The molecule has 21 heavy (non-hydrogen) atoms. The van der Waals surface area contributed by atoms with Crippen molar-refractivity contribution < 1.29 is 18.0 Å². The predicted molar refractivity (Wildman–Crippen MR) is 72.7 cm³/mol. The second-order valence-electron chi connectivity index (χ2n) is 4.31. The SMILES string of the molecule is C=Cc1cnn(C)c1C(=O)Nc1ccc(C(F)(F)F)cc1. The molecule has 7 heteroatoms. The average molecular weight is 295 g/mol.